The zero-order valence-corrected chi connectivity index (χ0v) is 14.4. The maximum atomic E-state index is 12.3. The van der Waals surface area contributed by atoms with Gasteiger partial charge < -0.3 is 10.4 Å². The number of likely N-dealkylation sites (tertiary alicyclic amines) is 1. The molecule has 2 rings (SSSR count). The lowest BCUT2D eigenvalue weighted by Crippen LogP contribution is -2.47. The Balaban J connectivity index is 1.76. The summed E-state index contributed by atoms with van der Waals surface area (Å²) >= 11 is 1.56. The molecule has 1 amide bonds. The van der Waals surface area contributed by atoms with E-state index < -0.39 is 5.97 Å². The molecule has 0 aromatic heterocycles. The number of hydrogen-bond acceptors (Lipinski definition) is 4. The first-order valence-corrected chi connectivity index (χ1v) is 8.80. The van der Waals surface area contributed by atoms with E-state index in [2.05, 4.69) is 5.32 Å². The number of piperidine rings is 1. The molecule has 1 aliphatic rings. The summed E-state index contributed by atoms with van der Waals surface area (Å²) in [6, 6.07) is 8.31. The van der Waals surface area contributed by atoms with Gasteiger partial charge in [0.15, 0.2) is 0 Å². The average molecular weight is 336 g/mol. The summed E-state index contributed by atoms with van der Waals surface area (Å²) in [4.78, 5) is 26.0. The fourth-order valence-corrected chi connectivity index (χ4v) is 3.50. The van der Waals surface area contributed by atoms with E-state index in [0.29, 0.717) is 0 Å². The molecular formula is C17H24N2O3S. The van der Waals surface area contributed by atoms with Crippen LogP contribution in [0.1, 0.15) is 25.3 Å². The van der Waals surface area contributed by atoms with Crippen molar-refractivity contribution in [3.05, 3.63) is 29.8 Å². The van der Waals surface area contributed by atoms with Crippen molar-refractivity contribution in [3.8, 4) is 0 Å². The van der Waals surface area contributed by atoms with Crippen LogP contribution in [0.15, 0.2) is 29.2 Å². The summed E-state index contributed by atoms with van der Waals surface area (Å²) < 4.78 is 0. The highest BCUT2D eigenvalue weighted by Crippen LogP contribution is 2.24. The first kappa shape index (κ1) is 17.8. The molecular weight excluding hydrogens is 312 g/mol. The summed E-state index contributed by atoms with van der Waals surface area (Å²) in [5, 5.41) is 11.7. The second kappa shape index (κ2) is 8.36. The van der Waals surface area contributed by atoms with Crippen molar-refractivity contribution < 1.29 is 14.7 Å². The van der Waals surface area contributed by atoms with E-state index in [9.17, 15) is 9.59 Å². The van der Waals surface area contributed by atoms with Gasteiger partial charge in [-0.3, -0.25) is 14.5 Å². The first-order chi connectivity index (χ1) is 10.9. The molecule has 2 N–H and O–H groups in total. The molecule has 0 saturated carbocycles. The van der Waals surface area contributed by atoms with Gasteiger partial charge in [-0.05, 0) is 38.8 Å². The van der Waals surface area contributed by atoms with Gasteiger partial charge in [-0.2, -0.15) is 0 Å². The number of benzene rings is 1. The highest BCUT2D eigenvalue weighted by atomic mass is 32.2. The fraction of sp³-hybridized carbons (Fsp3) is 0.529. The molecule has 0 radical (unpaired) electrons. The molecule has 0 spiro atoms. The summed E-state index contributed by atoms with van der Waals surface area (Å²) in [6.07, 6.45) is 1.61. The third-order valence-corrected chi connectivity index (χ3v) is 5.11. The summed E-state index contributed by atoms with van der Waals surface area (Å²) in [5.74, 6) is -0.747. The second-order valence-electron chi connectivity index (χ2n) is 6.03. The number of aliphatic carboxylic acids is 1. The number of carbonyl (C=O) groups excluding carboxylic acids is 1. The van der Waals surface area contributed by atoms with Crippen molar-refractivity contribution in [1.29, 1.82) is 0 Å². The number of aryl methyl sites for hydroxylation is 1. The van der Waals surface area contributed by atoms with E-state index in [4.69, 9.17) is 5.11 Å². The van der Waals surface area contributed by atoms with Gasteiger partial charge in [-0.15, -0.1) is 11.8 Å². The Labute approximate surface area is 141 Å². The van der Waals surface area contributed by atoms with E-state index in [1.54, 1.807) is 11.8 Å². The Kier molecular flexibility index (Phi) is 6.47. The number of nitrogens with one attached hydrogen (secondary N) is 1. The van der Waals surface area contributed by atoms with Crippen LogP contribution in [-0.4, -0.2) is 52.8 Å². The highest BCUT2D eigenvalue weighted by Gasteiger charge is 2.24. The number of carboxylic acid groups (broad SMARTS) is 1. The molecule has 0 aliphatic carbocycles. The van der Waals surface area contributed by atoms with E-state index in [-0.39, 0.29) is 23.7 Å². The lowest BCUT2D eigenvalue weighted by Gasteiger charge is -2.31. The van der Waals surface area contributed by atoms with Crippen LogP contribution in [0.2, 0.25) is 0 Å². The van der Waals surface area contributed by atoms with Gasteiger partial charge in [0, 0.05) is 24.0 Å². The van der Waals surface area contributed by atoms with Crippen molar-refractivity contribution in [2.75, 3.05) is 19.6 Å². The Hall–Kier alpha value is -1.53. The van der Waals surface area contributed by atoms with Crippen LogP contribution in [0.25, 0.3) is 0 Å². The fourth-order valence-electron chi connectivity index (χ4n) is 2.62. The molecule has 1 heterocycles. The molecule has 0 bridgehead atoms. The molecule has 126 valence electrons. The molecule has 6 heteroatoms. The minimum Gasteiger partial charge on any atom is -0.480 e. The number of thioether (sulfide) groups is 1. The summed E-state index contributed by atoms with van der Waals surface area (Å²) in [7, 11) is 0. The number of amides is 1. The van der Waals surface area contributed by atoms with Gasteiger partial charge in [0.05, 0.1) is 11.8 Å². The second-order valence-corrected chi connectivity index (χ2v) is 7.44. The molecule has 1 aromatic rings. The highest BCUT2D eigenvalue weighted by molar-refractivity contribution is 8.00. The Morgan fingerprint density at radius 1 is 1.30 bits per heavy atom. The van der Waals surface area contributed by atoms with Gasteiger partial charge in [0.25, 0.3) is 0 Å². The molecule has 23 heavy (non-hydrogen) atoms. The monoisotopic (exact) mass is 336 g/mol. The number of carbonyl (C=O) groups is 2. The average Bonchev–Trinajstić information content (AvgIpc) is 2.51. The van der Waals surface area contributed by atoms with Crippen molar-refractivity contribution in [2.24, 2.45) is 0 Å². The smallest absolute Gasteiger partial charge is 0.317 e. The lowest BCUT2D eigenvalue weighted by molar-refractivity contribution is -0.138. The Morgan fingerprint density at radius 3 is 2.48 bits per heavy atom. The van der Waals surface area contributed by atoms with Gasteiger partial charge in [-0.25, -0.2) is 0 Å². The third-order valence-electron chi connectivity index (χ3n) is 4.00. The molecule has 1 saturated heterocycles. The SMILES string of the molecule is Cc1ccc(SC(C)C(=O)NC2CCN(CC(=O)O)CC2)cc1. The third kappa shape index (κ3) is 5.88. The van der Waals surface area contributed by atoms with Crippen LogP contribution in [0, 0.1) is 6.92 Å². The lowest BCUT2D eigenvalue weighted by atomic mass is 10.0. The summed E-state index contributed by atoms with van der Waals surface area (Å²) in [6.45, 7) is 5.48. The molecule has 1 unspecified atom stereocenters. The van der Waals surface area contributed by atoms with Crippen LogP contribution < -0.4 is 5.32 Å². The zero-order chi connectivity index (χ0) is 16.8. The van der Waals surface area contributed by atoms with E-state index in [1.165, 1.54) is 5.56 Å². The largest absolute Gasteiger partial charge is 0.480 e. The van der Waals surface area contributed by atoms with Crippen LogP contribution in [0.5, 0.6) is 0 Å². The zero-order valence-electron chi connectivity index (χ0n) is 13.6. The first-order valence-electron chi connectivity index (χ1n) is 7.92. The molecule has 1 atom stereocenters. The summed E-state index contributed by atoms with van der Waals surface area (Å²) in [5.41, 5.74) is 1.21. The number of carboxylic acids is 1. The van der Waals surface area contributed by atoms with Gasteiger partial charge in [0.1, 0.15) is 0 Å². The van der Waals surface area contributed by atoms with Crippen LogP contribution in [0.3, 0.4) is 0 Å². The predicted octanol–water partition coefficient (Wildman–Crippen LogP) is 2.14. The van der Waals surface area contributed by atoms with Gasteiger partial charge in [0.2, 0.25) is 5.91 Å². The van der Waals surface area contributed by atoms with Gasteiger partial charge in [-0.1, -0.05) is 17.7 Å². The maximum Gasteiger partial charge on any atom is 0.317 e. The predicted molar refractivity (Wildman–Crippen MR) is 91.7 cm³/mol. The standard InChI is InChI=1S/C17H24N2O3S/c1-12-3-5-15(6-4-12)23-13(2)17(22)18-14-7-9-19(10-8-14)11-16(20)21/h3-6,13-14H,7-11H2,1-2H3,(H,18,22)(H,20,21). The molecule has 1 aliphatic heterocycles. The van der Waals surface area contributed by atoms with Crippen molar-refractivity contribution in [1.82, 2.24) is 10.2 Å². The van der Waals surface area contributed by atoms with Crippen molar-refractivity contribution >= 4 is 23.6 Å². The molecule has 1 aromatic carbocycles. The Bertz CT molecular complexity index is 539. The van der Waals surface area contributed by atoms with Crippen molar-refractivity contribution in [3.63, 3.8) is 0 Å². The Morgan fingerprint density at radius 2 is 1.91 bits per heavy atom. The van der Waals surface area contributed by atoms with Crippen LogP contribution in [0.4, 0.5) is 0 Å². The molecule has 1 fully saturated rings. The quantitative estimate of drug-likeness (QED) is 0.779. The van der Waals surface area contributed by atoms with E-state index in [1.807, 2.05) is 43.0 Å². The normalized spacial score (nSPS) is 17.7. The van der Waals surface area contributed by atoms with E-state index in [0.717, 1.165) is 30.8 Å². The maximum absolute atomic E-state index is 12.3. The van der Waals surface area contributed by atoms with Crippen LogP contribution in [-0.2, 0) is 9.59 Å². The van der Waals surface area contributed by atoms with Crippen molar-refractivity contribution in [2.45, 2.75) is 42.9 Å². The number of nitrogens with zero attached hydrogens (tertiary/aromatic N) is 1. The topological polar surface area (TPSA) is 69.6 Å². The number of rotatable bonds is 6. The minimum atomic E-state index is -0.796. The van der Waals surface area contributed by atoms with Crippen LogP contribution >= 0.6 is 11.8 Å². The number of hydrogen-bond donors (Lipinski definition) is 2. The minimum absolute atomic E-state index is 0.0484. The van der Waals surface area contributed by atoms with E-state index >= 15 is 0 Å². The molecule has 5 nitrogen and oxygen atoms in total. The van der Waals surface area contributed by atoms with Gasteiger partial charge >= 0.3 is 5.97 Å².